The fourth-order valence-electron chi connectivity index (χ4n) is 1.71. The molecule has 0 saturated heterocycles. The maximum atomic E-state index is 12.0. The zero-order valence-electron chi connectivity index (χ0n) is 9.91. The molecule has 0 atom stereocenters. The molecule has 1 heterocycles. The number of hydrogen-bond acceptors (Lipinski definition) is 5. The Morgan fingerprint density at radius 1 is 1.21 bits per heavy atom. The first-order chi connectivity index (χ1) is 9.04. The zero-order valence-corrected chi connectivity index (χ0v) is 11.5. The Kier molecular flexibility index (Phi) is 3.06. The van der Waals surface area contributed by atoms with Gasteiger partial charge in [-0.3, -0.25) is 0 Å². The SMILES string of the molecule is O=S(=O)(CC1CC1)c1nnc(-c2ccc(Cl)cc2)o1. The minimum atomic E-state index is -3.46. The Morgan fingerprint density at radius 2 is 1.89 bits per heavy atom. The van der Waals surface area contributed by atoms with Gasteiger partial charge in [0, 0.05) is 10.6 Å². The average Bonchev–Trinajstić information content (AvgIpc) is 3.02. The maximum Gasteiger partial charge on any atom is 0.335 e. The molecule has 0 bridgehead atoms. The van der Waals surface area contributed by atoms with Crippen molar-refractivity contribution in [2.45, 2.75) is 18.1 Å². The number of hydrogen-bond donors (Lipinski definition) is 0. The van der Waals surface area contributed by atoms with Gasteiger partial charge in [-0.25, -0.2) is 8.42 Å². The van der Waals surface area contributed by atoms with Crippen LogP contribution < -0.4 is 0 Å². The molecule has 0 amide bonds. The summed E-state index contributed by atoms with van der Waals surface area (Å²) in [4.78, 5) is 0. The van der Waals surface area contributed by atoms with E-state index in [1.807, 2.05) is 0 Å². The largest absolute Gasteiger partial charge is 0.408 e. The molecule has 100 valence electrons. The first-order valence-corrected chi connectivity index (χ1v) is 7.90. The molecule has 3 rings (SSSR count). The summed E-state index contributed by atoms with van der Waals surface area (Å²) in [6, 6.07) is 6.76. The third-order valence-corrected chi connectivity index (χ3v) is 4.78. The monoisotopic (exact) mass is 298 g/mol. The number of aromatic nitrogens is 2. The molecule has 1 aromatic carbocycles. The molecule has 0 radical (unpaired) electrons. The van der Waals surface area contributed by atoms with Gasteiger partial charge in [-0.15, -0.1) is 5.10 Å². The highest BCUT2D eigenvalue weighted by Gasteiger charge is 2.32. The predicted molar refractivity (Wildman–Crippen MR) is 69.5 cm³/mol. The highest BCUT2D eigenvalue weighted by molar-refractivity contribution is 7.91. The van der Waals surface area contributed by atoms with Crippen LogP contribution in [0.4, 0.5) is 0 Å². The molecule has 19 heavy (non-hydrogen) atoms. The van der Waals surface area contributed by atoms with Crippen molar-refractivity contribution < 1.29 is 12.8 Å². The van der Waals surface area contributed by atoms with Gasteiger partial charge in [0.05, 0.1) is 5.75 Å². The van der Waals surface area contributed by atoms with E-state index in [2.05, 4.69) is 10.2 Å². The smallest absolute Gasteiger partial charge is 0.335 e. The summed E-state index contributed by atoms with van der Waals surface area (Å²) in [6.45, 7) is 0. The molecule has 5 nitrogen and oxygen atoms in total. The topological polar surface area (TPSA) is 73.1 Å². The van der Waals surface area contributed by atoms with Gasteiger partial charge in [0.2, 0.25) is 15.7 Å². The van der Waals surface area contributed by atoms with Gasteiger partial charge < -0.3 is 4.42 Å². The highest BCUT2D eigenvalue weighted by atomic mass is 35.5. The molecule has 0 unspecified atom stereocenters. The molecule has 7 heteroatoms. The average molecular weight is 299 g/mol. The van der Waals surface area contributed by atoms with Crippen LogP contribution in [0.2, 0.25) is 5.02 Å². The van der Waals surface area contributed by atoms with Gasteiger partial charge in [0.25, 0.3) is 0 Å². The van der Waals surface area contributed by atoms with Crippen molar-refractivity contribution in [3.63, 3.8) is 0 Å². The van der Waals surface area contributed by atoms with Gasteiger partial charge in [-0.1, -0.05) is 16.7 Å². The van der Waals surface area contributed by atoms with Gasteiger partial charge in [0.15, 0.2) is 0 Å². The van der Waals surface area contributed by atoms with E-state index in [4.69, 9.17) is 16.0 Å². The van der Waals surface area contributed by atoms with Crippen molar-refractivity contribution in [3.05, 3.63) is 29.3 Å². The molecule has 1 saturated carbocycles. The minimum Gasteiger partial charge on any atom is -0.408 e. The first kappa shape index (κ1) is 12.6. The van der Waals surface area contributed by atoms with Crippen LogP contribution in [0.15, 0.2) is 33.9 Å². The molecule has 1 aliphatic rings. The number of rotatable bonds is 4. The van der Waals surface area contributed by atoms with Crippen LogP contribution >= 0.6 is 11.6 Å². The molecule has 0 spiro atoms. The van der Waals surface area contributed by atoms with E-state index in [1.165, 1.54) is 0 Å². The second-order valence-corrected chi connectivity index (χ2v) is 6.95. The van der Waals surface area contributed by atoms with E-state index in [9.17, 15) is 8.42 Å². The third kappa shape index (κ3) is 2.79. The van der Waals surface area contributed by atoms with Crippen LogP contribution in [0, 0.1) is 5.92 Å². The fourth-order valence-corrected chi connectivity index (χ4v) is 3.30. The van der Waals surface area contributed by atoms with Crippen molar-refractivity contribution in [2.75, 3.05) is 5.75 Å². The third-order valence-electron chi connectivity index (χ3n) is 2.92. The number of halogens is 1. The first-order valence-electron chi connectivity index (χ1n) is 5.87. The Morgan fingerprint density at radius 3 is 2.53 bits per heavy atom. The lowest BCUT2D eigenvalue weighted by atomic mass is 10.2. The molecular formula is C12H11ClN2O3S. The number of benzene rings is 1. The van der Waals surface area contributed by atoms with E-state index in [1.54, 1.807) is 24.3 Å². The van der Waals surface area contributed by atoms with Crippen LogP contribution in [-0.2, 0) is 9.84 Å². The van der Waals surface area contributed by atoms with Gasteiger partial charge in [0.1, 0.15) is 0 Å². The highest BCUT2D eigenvalue weighted by Crippen LogP contribution is 2.32. The van der Waals surface area contributed by atoms with Crippen LogP contribution in [-0.4, -0.2) is 24.4 Å². The van der Waals surface area contributed by atoms with Crippen LogP contribution in [0.1, 0.15) is 12.8 Å². The van der Waals surface area contributed by atoms with E-state index < -0.39 is 9.84 Å². The standard InChI is InChI=1S/C12H11ClN2O3S/c13-10-5-3-9(4-6-10)11-14-15-12(18-11)19(16,17)7-8-1-2-8/h3-6,8H,1-2,7H2. The fraction of sp³-hybridized carbons (Fsp3) is 0.333. The van der Waals surface area contributed by atoms with Crippen molar-refractivity contribution in [2.24, 2.45) is 5.92 Å². The molecule has 0 N–H and O–H groups in total. The van der Waals surface area contributed by atoms with Crippen molar-refractivity contribution >= 4 is 21.4 Å². The van der Waals surface area contributed by atoms with E-state index in [0.717, 1.165) is 12.8 Å². The van der Waals surface area contributed by atoms with Crippen molar-refractivity contribution in [3.8, 4) is 11.5 Å². The minimum absolute atomic E-state index is 0.0925. The van der Waals surface area contributed by atoms with Crippen LogP contribution in [0.3, 0.4) is 0 Å². The van der Waals surface area contributed by atoms with Gasteiger partial charge in [-0.2, -0.15) is 0 Å². The lowest BCUT2D eigenvalue weighted by Crippen LogP contribution is -2.08. The van der Waals surface area contributed by atoms with E-state index >= 15 is 0 Å². The normalized spacial score (nSPS) is 15.6. The van der Waals surface area contributed by atoms with Gasteiger partial charge >= 0.3 is 5.22 Å². The van der Waals surface area contributed by atoms with Gasteiger partial charge in [-0.05, 0) is 43.0 Å². The molecule has 1 aliphatic carbocycles. The lowest BCUT2D eigenvalue weighted by molar-refractivity contribution is 0.439. The molecule has 1 fully saturated rings. The second-order valence-electron chi connectivity index (χ2n) is 4.60. The Bertz CT molecular complexity index is 690. The van der Waals surface area contributed by atoms with E-state index in [-0.39, 0.29) is 22.8 Å². The molecule has 1 aromatic heterocycles. The van der Waals surface area contributed by atoms with Crippen molar-refractivity contribution in [1.82, 2.24) is 10.2 Å². The summed E-state index contributed by atoms with van der Waals surface area (Å²) < 4.78 is 29.2. The zero-order chi connectivity index (χ0) is 13.5. The predicted octanol–water partition coefficient (Wildman–Crippen LogP) is 2.57. The van der Waals surface area contributed by atoms with Crippen LogP contribution in [0.5, 0.6) is 0 Å². The summed E-state index contributed by atoms with van der Waals surface area (Å²) in [6.07, 6.45) is 1.91. The summed E-state index contributed by atoms with van der Waals surface area (Å²) in [7, 11) is -3.46. The Balaban J connectivity index is 1.88. The number of nitrogens with zero attached hydrogens (tertiary/aromatic N) is 2. The number of sulfone groups is 1. The quantitative estimate of drug-likeness (QED) is 0.867. The molecule has 0 aliphatic heterocycles. The Labute approximate surface area is 115 Å². The Hall–Kier alpha value is -1.40. The molecular weight excluding hydrogens is 288 g/mol. The van der Waals surface area contributed by atoms with E-state index in [0.29, 0.717) is 10.6 Å². The van der Waals surface area contributed by atoms with Crippen molar-refractivity contribution in [1.29, 1.82) is 0 Å². The summed E-state index contributed by atoms with van der Waals surface area (Å²) in [5, 5.41) is 7.69. The van der Waals surface area contributed by atoms with Crippen LogP contribution in [0.25, 0.3) is 11.5 Å². The maximum absolute atomic E-state index is 12.0. The molecule has 2 aromatic rings. The summed E-state index contributed by atoms with van der Waals surface area (Å²) in [5.74, 6) is 0.525. The lowest BCUT2D eigenvalue weighted by Gasteiger charge is -1.96. The second kappa shape index (κ2) is 4.61. The summed E-state index contributed by atoms with van der Waals surface area (Å²) >= 11 is 5.78. The summed E-state index contributed by atoms with van der Waals surface area (Å²) in [5.41, 5.74) is 0.643.